The van der Waals surface area contributed by atoms with Gasteiger partial charge in [0.05, 0.1) is 25.7 Å². The minimum Gasteiger partial charge on any atom is -0.378 e. The maximum absolute atomic E-state index is 11.3. The van der Waals surface area contributed by atoms with Crippen molar-refractivity contribution < 1.29 is 19.3 Å². The molecule has 0 radical (unpaired) electrons. The molecule has 0 saturated carbocycles. The van der Waals surface area contributed by atoms with E-state index in [2.05, 4.69) is 10.2 Å². The maximum Gasteiger partial charge on any atom is 0.342 e. The predicted molar refractivity (Wildman–Crippen MR) is 58.7 cm³/mol. The third-order valence-electron chi connectivity index (χ3n) is 2.09. The van der Waals surface area contributed by atoms with E-state index in [1.807, 2.05) is 20.8 Å². The van der Waals surface area contributed by atoms with Crippen molar-refractivity contribution in [1.29, 1.82) is 0 Å². The number of hydrogen-bond donors (Lipinski definition) is 1. The first kappa shape index (κ1) is 13.4. The van der Waals surface area contributed by atoms with Gasteiger partial charge in [0.2, 0.25) is 0 Å². The molecule has 16 heavy (non-hydrogen) atoms. The van der Waals surface area contributed by atoms with Crippen molar-refractivity contribution >= 4 is 5.97 Å². The van der Waals surface area contributed by atoms with Gasteiger partial charge in [0.1, 0.15) is 6.61 Å². The van der Waals surface area contributed by atoms with Crippen LogP contribution in [0.1, 0.15) is 27.2 Å². The molecule has 0 aromatic carbocycles. The molecule has 0 unspecified atom stereocenters. The zero-order valence-corrected chi connectivity index (χ0v) is 10.2. The molecule has 5 heteroatoms. The molecule has 0 bridgehead atoms. The first-order chi connectivity index (χ1) is 7.47. The smallest absolute Gasteiger partial charge is 0.342 e. The molecule has 0 aromatic heterocycles. The highest BCUT2D eigenvalue weighted by atomic mass is 17.2. The second kappa shape index (κ2) is 6.18. The minimum atomic E-state index is -0.329. The average molecular weight is 231 g/mol. The van der Waals surface area contributed by atoms with Gasteiger partial charge in [0, 0.05) is 6.54 Å². The topological polar surface area (TPSA) is 56.8 Å². The van der Waals surface area contributed by atoms with Gasteiger partial charge < -0.3 is 10.1 Å². The molecule has 0 aromatic rings. The Kier molecular flexibility index (Phi) is 5.18. The number of carbonyl (C=O) groups is 1. The van der Waals surface area contributed by atoms with Crippen LogP contribution in [0.5, 0.6) is 0 Å². The van der Waals surface area contributed by atoms with Gasteiger partial charge in [-0.15, -0.1) is 0 Å². The van der Waals surface area contributed by atoms with Crippen LogP contribution < -0.4 is 5.32 Å². The summed E-state index contributed by atoms with van der Waals surface area (Å²) >= 11 is 0. The quantitative estimate of drug-likeness (QED) is 0.575. The first-order valence-corrected chi connectivity index (χ1v) is 5.61. The van der Waals surface area contributed by atoms with E-state index in [4.69, 9.17) is 9.62 Å². The summed E-state index contributed by atoms with van der Waals surface area (Å²) in [5, 5.41) is 3.20. The van der Waals surface area contributed by atoms with Gasteiger partial charge in [-0.2, -0.15) is 4.89 Å². The average Bonchev–Trinajstić information content (AvgIpc) is 2.16. The number of nitrogens with one attached hydrogen (secondary N) is 1. The Labute approximate surface area is 96.4 Å². The van der Waals surface area contributed by atoms with Crippen molar-refractivity contribution in [2.24, 2.45) is 5.41 Å². The molecule has 94 valence electrons. The Morgan fingerprint density at radius 1 is 1.50 bits per heavy atom. The van der Waals surface area contributed by atoms with Gasteiger partial charge in [0.25, 0.3) is 0 Å². The zero-order chi connectivity index (χ0) is 12.0. The van der Waals surface area contributed by atoms with Crippen LogP contribution in [0.15, 0.2) is 0 Å². The molecule has 0 aliphatic carbocycles. The van der Waals surface area contributed by atoms with Crippen molar-refractivity contribution in [1.82, 2.24) is 5.32 Å². The highest BCUT2D eigenvalue weighted by molar-refractivity contribution is 5.69. The molecule has 0 spiro atoms. The van der Waals surface area contributed by atoms with E-state index < -0.39 is 0 Å². The molecule has 5 nitrogen and oxygen atoms in total. The third kappa shape index (κ3) is 6.05. The van der Waals surface area contributed by atoms with Crippen LogP contribution in [-0.2, 0) is 19.3 Å². The van der Waals surface area contributed by atoms with E-state index in [9.17, 15) is 4.79 Å². The van der Waals surface area contributed by atoms with E-state index in [0.717, 1.165) is 13.2 Å². The number of carbonyl (C=O) groups excluding carboxylic acids is 1. The number of morpholine rings is 1. The number of hydrogen-bond acceptors (Lipinski definition) is 5. The Bertz CT molecular complexity index is 219. The summed E-state index contributed by atoms with van der Waals surface area (Å²) in [6.07, 6.45) is 0.349. The second-order valence-electron chi connectivity index (χ2n) is 5.20. The molecular formula is C11H21NO4. The highest BCUT2D eigenvalue weighted by Crippen LogP contribution is 2.18. The monoisotopic (exact) mass is 231 g/mol. The van der Waals surface area contributed by atoms with Crippen LogP contribution in [0.4, 0.5) is 0 Å². The molecule has 1 aliphatic rings. The first-order valence-electron chi connectivity index (χ1n) is 5.61. The molecule has 1 aliphatic heterocycles. The van der Waals surface area contributed by atoms with Crippen LogP contribution in [0, 0.1) is 5.41 Å². The van der Waals surface area contributed by atoms with Crippen molar-refractivity contribution in [2.45, 2.75) is 33.2 Å². The van der Waals surface area contributed by atoms with Gasteiger partial charge in [-0.05, 0) is 5.41 Å². The van der Waals surface area contributed by atoms with Gasteiger partial charge >= 0.3 is 5.97 Å². The van der Waals surface area contributed by atoms with E-state index in [-0.39, 0.29) is 17.4 Å². The number of rotatable bonds is 4. The Morgan fingerprint density at radius 3 is 2.81 bits per heavy atom. The second-order valence-corrected chi connectivity index (χ2v) is 5.20. The summed E-state index contributed by atoms with van der Waals surface area (Å²) in [6.45, 7) is 8.39. The molecule has 0 amide bonds. The minimum absolute atomic E-state index is 0.0767. The van der Waals surface area contributed by atoms with E-state index >= 15 is 0 Å². The number of ether oxygens (including phenoxy) is 1. The zero-order valence-electron chi connectivity index (χ0n) is 10.2. The lowest BCUT2D eigenvalue weighted by Crippen LogP contribution is -2.44. The predicted octanol–water partition coefficient (Wildman–Crippen LogP) is 0.886. The maximum atomic E-state index is 11.3. The fourth-order valence-corrected chi connectivity index (χ4v) is 1.37. The summed E-state index contributed by atoms with van der Waals surface area (Å²) in [5.74, 6) is -0.329. The Morgan fingerprint density at radius 2 is 2.25 bits per heavy atom. The van der Waals surface area contributed by atoms with E-state index in [1.165, 1.54) is 0 Å². The molecule has 1 saturated heterocycles. The van der Waals surface area contributed by atoms with Crippen molar-refractivity contribution in [3.8, 4) is 0 Å². The fraction of sp³-hybridized carbons (Fsp3) is 0.909. The van der Waals surface area contributed by atoms with Crippen molar-refractivity contribution in [3.63, 3.8) is 0 Å². The normalized spacial score (nSPS) is 21.8. The molecule has 1 heterocycles. The van der Waals surface area contributed by atoms with Crippen LogP contribution in [0.3, 0.4) is 0 Å². The van der Waals surface area contributed by atoms with Gasteiger partial charge in [-0.25, -0.2) is 4.79 Å². The summed E-state index contributed by atoms with van der Waals surface area (Å²) in [7, 11) is 0. The largest absolute Gasteiger partial charge is 0.378 e. The summed E-state index contributed by atoms with van der Waals surface area (Å²) < 4.78 is 5.24. The standard InChI is InChI=1S/C11H21NO4/c1-11(2,3)6-10(13)16-15-8-9-7-14-5-4-12-9/h9,12H,4-8H2,1-3H3/t9-/m0/s1. The summed E-state index contributed by atoms with van der Waals surface area (Å²) in [6, 6.07) is 0.108. The van der Waals surface area contributed by atoms with E-state index in [0.29, 0.717) is 19.6 Å². The molecule has 1 rings (SSSR count). The summed E-state index contributed by atoms with van der Waals surface area (Å²) in [5.41, 5.74) is -0.0767. The van der Waals surface area contributed by atoms with Crippen molar-refractivity contribution in [3.05, 3.63) is 0 Å². The van der Waals surface area contributed by atoms with E-state index in [1.54, 1.807) is 0 Å². The SMILES string of the molecule is CC(C)(C)CC(=O)OOC[C@@H]1COCCN1. The van der Waals surface area contributed by atoms with Gasteiger partial charge in [-0.3, -0.25) is 4.89 Å². The lowest BCUT2D eigenvalue weighted by atomic mass is 9.93. The van der Waals surface area contributed by atoms with Crippen molar-refractivity contribution in [2.75, 3.05) is 26.4 Å². The fourth-order valence-electron chi connectivity index (χ4n) is 1.37. The van der Waals surface area contributed by atoms with Crippen LogP contribution in [0.2, 0.25) is 0 Å². The van der Waals surface area contributed by atoms with Crippen LogP contribution in [-0.4, -0.2) is 38.4 Å². The van der Waals surface area contributed by atoms with Gasteiger partial charge in [-0.1, -0.05) is 20.8 Å². The highest BCUT2D eigenvalue weighted by Gasteiger charge is 2.19. The van der Waals surface area contributed by atoms with Crippen LogP contribution in [0.25, 0.3) is 0 Å². The molecular weight excluding hydrogens is 210 g/mol. The molecule has 1 N–H and O–H groups in total. The lowest BCUT2D eigenvalue weighted by molar-refractivity contribution is -0.278. The van der Waals surface area contributed by atoms with Gasteiger partial charge in [0.15, 0.2) is 0 Å². The molecule has 1 atom stereocenters. The van der Waals surface area contributed by atoms with Crippen LogP contribution >= 0.6 is 0 Å². The molecule has 1 fully saturated rings. The summed E-state index contributed by atoms with van der Waals surface area (Å²) in [4.78, 5) is 20.9. The third-order valence-corrected chi connectivity index (χ3v) is 2.09. The Balaban J connectivity index is 2.08. The Hall–Kier alpha value is -0.650. The lowest BCUT2D eigenvalue weighted by Gasteiger charge is -2.23.